The number of hydrogen-bond acceptors (Lipinski definition) is 3. The van der Waals surface area contributed by atoms with Crippen molar-refractivity contribution < 1.29 is 4.79 Å². The first-order valence-electron chi connectivity index (χ1n) is 6.86. The second-order valence-electron chi connectivity index (χ2n) is 5.50. The van der Waals surface area contributed by atoms with Crippen LogP contribution in [0.4, 0.5) is 0 Å². The van der Waals surface area contributed by atoms with Crippen LogP contribution in [0.15, 0.2) is 43.2 Å². The van der Waals surface area contributed by atoms with Crippen molar-refractivity contribution >= 4 is 5.91 Å². The highest BCUT2D eigenvalue weighted by Gasteiger charge is 2.50. The molecule has 5 heteroatoms. The highest BCUT2D eigenvalue weighted by Crippen LogP contribution is 2.47. The lowest BCUT2D eigenvalue weighted by molar-refractivity contribution is -0.127. The average Bonchev–Trinajstić information content (AvgIpc) is 3.07. The van der Waals surface area contributed by atoms with Gasteiger partial charge in [0.1, 0.15) is 0 Å². The lowest BCUT2D eigenvalue weighted by Crippen LogP contribution is -2.36. The van der Waals surface area contributed by atoms with Gasteiger partial charge in [-0.15, -0.1) is 0 Å². The fourth-order valence-corrected chi connectivity index (χ4v) is 2.40. The Bertz CT molecular complexity index is 575. The highest BCUT2D eigenvalue weighted by molar-refractivity contribution is 5.85. The van der Waals surface area contributed by atoms with Gasteiger partial charge < -0.3 is 9.88 Å². The molecular weight excluding hydrogens is 252 g/mol. The first-order chi connectivity index (χ1) is 9.70. The molecule has 0 aromatic carbocycles. The van der Waals surface area contributed by atoms with Gasteiger partial charge in [-0.2, -0.15) is 0 Å². The van der Waals surface area contributed by atoms with Gasteiger partial charge in [-0.05, 0) is 31.4 Å². The fourth-order valence-electron chi connectivity index (χ4n) is 2.40. The maximum atomic E-state index is 12.5. The van der Waals surface area contributed by atoms with Crippen LogP contribution in [0.25, 0.3) is 0 Å². The number of hydrogen-bond donors (Lipinski definition) is 1. The Hall–Kier alpha value is -2.17. The molecule has 0 aliphatic heterocycles. The quantitative estimate of drug-likeness (QED) is 0.903. The second kappa shape index (κ2) is 5.07. The molecule has 5 nitrogen and oxygen atoms in total. The Labute approximate surface area is 118 Å². The number of carbonyl (C=O) groups is 1. The van der Waals surface area contributed by atoms with Gasteiger partial charge in [0.2, 0.25) is 5.91 Å². The summed E-state index contributed by atoms with van der Waals surface area (Å²) in [5, 5.41) is 3.10. The number of aromatic nitrogens is 3. The third-order valence-corrected chi connectivity index (χ3v) is 3.91. The monoisotopic (exact) mass is 270 g/mol. The van der Waals surface area contributed by atoms with Crippen LogP contribution >= 0.6 is 0 Å². The van der Waals surface area contributed by atoms with E-state index in [9.17, 15) is 4.79 Å². The van der Waals surface area contributed by atoms with Crippen molar-refractivity contribution in [2.45, 2.75) is 32.4 Å². The molecule has 0 bridgehead atoms. The molecule has 2 aromatic heterocycles. The zero-order valence-electron chi connectivity index (χ0n) is 11.5. The van der Waals surface area contributed by atoms with Crippen molar-refractivity contribution in [3.63, 3.8) is 0 Å². The van der Waals surface area contributed by atoms with E-state index in [1.807, 2.05) is 29.8 Å². The molecule has 1 amide bonds. The standard InChI is InChI=1S/C15H18N4O/c1-12(13-3-2-6-16-9-13)18-14(20)15(4-5-15)10-19-8-7-17-11-19/h2-3,6-9,11-12H,4-5,10H2,1H3,(H,18,20)/t12-/m0/s1. The van der Waals surface area contributed by atoms with Crippen molar-refractivity contribution in [2.24, 2.45) is 5.41 Å². The summed E-state index contributed by atoms with van der Waals surface area (Å²) in [4.78, 5) is 20.6. The summed E-state index contributed by atoms with van der Waals surface area (Å²) in [6.45, 7) is 2.70. The summed E-state index contributed by atoms with van der Waals surface area (Å²) in [5.41, 5.74) is 0.774. The van der Waals surface area contributed by atoms with E-state index in [2.05, 4.69) is 15.3 Å². The third-order valence-electron chi connectivity index (χ3n) is 3.91. The van der Waals surface area contributed by atoms with Gasteiger partial charge in [0.25, 0.3) is 0 Å². The summed E-state index contributed by atoms with van der Waals surface area (Å²) < 4.78 is 1.97. The van der Waals surface area contributed by atoms with E-state index in [1.54, 1.807) is 24.9 Å². The van der Waals surface area contributed by atoms with Crippen LogP contribution in [0.1, 0.15) is 31.4 Å². The van der Waals surface area contributed by atoms with Crippen LogP contribution in [-0.2, 0) is 11.3 Å². The van der Waals surface area contributed by atoms with Gasteiger partial charge >= 0.3 is 0 Å². The Balaban J connectivity index is 1.64. The first kappa shape index (κ1) is 12.8. The zero-order chi connectivity index (χ0) is 14.0. The molecule has 104 valence electrons. The molecule has 0 spiro atoms. The van der Waals surface area contributed by atoms with Crippen molar-refractivity contribution in [2.75, 3.05) is 0 Å². The molecule has 1 atom stereocenters. The largest absolute Gasteiger partial charge is 0.349 e. The molecule has 1 saturated carbocycles. The third kappa shape index (κ3) is 2.57. The van der Waals surface area contributed by atoms with E-state index in [-0.39, 0.29) is 17.4 Å². The number of pyridine rings is 1. The number of imidazole rings is 1. The summed E-state index contributed by atoms with van der Waals surface area (Å²) in [7, 11) is 0. The molecular formula is C15H18N4O. The van der Waals surface area contributed by atoms with Crippen LogP contribution in [0.3, 0.4) is 0 Å². The van der Waals surface area contributed by atoms with E-state index < -0.39 is 0 Å². The Morgan fingerprint density at radius 1 is 1.45 bits per heavy atom. The van der Waals surface area contributed by atoms with E-state index in [1.165, 1.54) is 0 Å². The normalized spacial score (nSPS) is 17.4. The lowest BCUT2D eigenvalue weighted by Gasteiger charge is -2.20. The number of rotatable bonds is 5. The summed E-state index contributed by atoms with van der Waals surface area (Å²) in [6, 6.07) is 3.85. The topological polar surface area (TPSA) is 59.8 Å². The van der Waals surface area contributed by atoms with Crippen LogP contribution in [0.2, 0.25) is 0 Å². The smallest absolute Gasteiger partial charge is 0.228 e. The van der Waals surface area contributed by atoms with Crippen LogP contribution in [0.5, 0.6) is 0 Å². The van der Waals surface area contributed by atoms with Crippen LogP contribution < -0.4 is 5.32 Å². The Morgan fingerprint density at radius 2 is 2.30 bits per heavy atom. The van der Waals surface area contributed by atoms with Crippen molar-refractivity contribution in [1.29, 1.82) is 0 Å². The molecule has 2 heterocycles. The Morgan fingerprint density at radius 3 is 2.90 bits per heavy atom. The van der Waals surface area contributed by atoms with Crippen molar-refractivity contribution in [3.8, 4) is 0 Å². The van der Waals surface area contributed by atoms with Crippen LogP contribution in [0, 0.1) is 5.41 Å². The maximum Gasteiger partial charge on any atom is 0.228 e. The second-order valence-corrected chi connectivity index (χ2v) is 5.50. The minimum atomic E-state index is -0.253. The average molecular weight is 270 g/mol. The molecule has 0 unspecified atom stereocenters. The molecule has 0 saturated heterocycles. The summed E-state index contributed by atoms with van der Waals surface area (Å²) >= 11 is 0. The summed E-state index contributed by atoms with van der Waals surface area (Å²) in [6.07, 6.45) is 10.8. The van der Waals surface area contributed by atoms with Crippen LogP contribution in [-0.4, -0.2) is 20.4 Å². The van der Waals surface area contributed by atoms with Gasteiger partial charge in [-0.3, -0.25) is 9.78 Å². The number of carbonyl (C=O) groups excluding carboxylic acids is 1. The lowest BCUT2D eigenvalue weighted by atomic mass is 10.0. The van der Waals surface area contributed by atoms with E-state index in [0.717, 1.165) is 18.4 Å². The van der Waals surface area contributed by atoms with E-state index in [0.29, 0.717) is 6.54 Å². The number of amides is 1. The number of nitrogens with zero attached hydrogens (tertiary/aromatic N) is 3. The molecule has 3 rings (SSSR count). The van der Waals surface area contributed by atoms with Gasteiger partial charge in [-0.25, -0.2) is 4.98 Å². The molecule has 1 fully saturated rings. The summed E-state index contributed by atoms with van der Waals surface area (Å²) in [5.74, 6) is 0.127. The van der Waals surface area contributed by atoms with Gasteiger partial charge in [0.05, 0.1) is 17.8 Å². The van der Waals surface area contributed by atoms with E-state index >= 15 is 0 Å². The fraction of sp³-hybridized carbons (Fsp3) is 0.400. The first-order valence-corrected chi connectivity index (χ1v) is 6.86. The molecule has 0 radical (unpaired) electrons. The molecule has 20 heavy (non-hydrogen) atoms. The predicted molar refractivity (Wildman–Crippen MR) is 74.7 cm³/mol. The maximum absolute atomic E-state index is 12.5. The van der Waals surface area contributed by atoms with Gasteiger partial charge in [-0.1, -0.05) is 6.07 Å². The van der Waals surface area contributed by atoms with Crippen molar-refractivity contribution in [1.82, 2.24) is 19.9 Å². The molecule has 2 aromatic rings. The van der Waals surface area contributed by atoms with E-state index in [4.69, 9.17) is 0 Å². The van der Waals surface area contributed by atoms with Gasteiger partial charge in [0, 0.05) is 31.3 Å². The van der Waals surface area contributed by atoms with Gasteiger partial charge in [0.15, 0.2) is 0 Å². The minimum absolute atomic E-state index is 0.0172. The highest BCUT2D eigenvalue weighted by atomic mass is 16.2. The molecule has 1 N–H and O–H groups in total. The number of nitrogens with one attached hydrogen (secondary N) is 1. The molecule has 1 aliphatic rings. The van der Waals surface area contributed by atoms with Crippen molar-refractivity contribution in [3.05, 3.63) is 48.8 Å². The molecule has 1 aliphatic carbocycles. The predicted octanol–water partition coefficient (Wildman–Crippen LogP) is 1.94. The zero-order valence-corrected chi connectivity index (χ0v) is 11.5. The minimum Gasteiger partial charge on any atom is -0.349 e. The Kier molecular flexibility index (Phi) is 3.26. The SMILES string of the molecule is C[C@H](NC(=O)C1(Cn2ccnc2)CC1)c1cccnc1.